The van der Waals surface area contributed by atoms with E-state index in [0.717, 1.165) is 16.8 Å². The molecule has 0 fully saturated rings. The third-order valence-corrected chi connectivity index (χ3v) is 4.11. The molecule has 0 spiro atoms. The van der Waals surface area contributed by atoms with E-state index in [2.05, 4.69) is 5.32 Å². The minimum atomic E-state index is -0.322. The lowest BCUT2D eigenvalue weighted by Gasteiger charge is -2.20. The predicted octanol–water partition coefficient (Wildman–Crippen LogP) is 3.03. The Morgan fingerprint density at radius 1 is 1.00 bits per heavy atom. The number of para-hydroxylation sites is 2. The molecule has 138 valence electrons. The van der Waals surface area contributed by atoms with Crippen LogP contribution in [0.4, 0.5) is 5.69 Å². The molecule has 6 heteroatoms. The first kappa shape index (κ1) is 19.3. The number of nitrogens with zero attached hydrogens (tertiary/aromatic N) is 1. The summed E-state index contributed by atoms with van der Waals surface area (Å²) in [4.78, 5) is 26.5. The Labute approximate surface area is 153 Å². The van der Waals surface area contributed by atoms with Crippen LogP contribution < -0.4 is 14.8 Å². The number of likely N-dealkylation sites (N-methyl/N-ethyl adjacent to an activating group) is 1. The number of ether oxygens (including phenoxy) is 2. The number of aryl methyl sites for hydroxylation is 2. The molecule has 1 N–H and O–H groups in total. The molecular weight excluding hydrogens is 332 g/mol. The maximum absolute atomic E-state index is 12.7. The summed E-state index contributed by atoms with van der Waals surface area (Å²) in [5.74, 6) is 0.228. The number of hydrogen-bond donors (Lipinski definition) is 1. The van der Waals surface area contributed by atoms with Gasteiger partial charge in [0.15, 0.2) is 11.5 Å². The molecule has 0 aliphatic rings. The number of methoxy groups -OCH3 is 2. The Balaban J connectivity index is 2.13. The highest BCUT2D eigenvalue weighted by atomic mass is 16.5. The van der Waals surface area contributed by atoms with Gasteiger partial charge in [0, 0.05) is 12.7 Å². The van der Waals surface area contributed by atoms with E-state index < -0.39 is 0 Å². The van der Waals surface area contributed by atoms with Gasteiger partial charge in [-0.3, -0.25) is 9.59 Å². The average molecular weight is 356 g/mol. The Morgan fingerprint density at radius 3 is 2.19 bits per heavy atom. The second kappa shape index (κ2) is 8.38. The number of nitrogens with one attached hydrogen (secondary N) is 1. The Kier molecular flexibility index (Phi) is 6.22. The fourth-order valence-corrected chi connectivity index (χ4v) is 2.74. The average Bonchev–Trinajstić information content (AvgIpc) is 2.63. The van der Waals surface area contributed by atoms with Gasteiger partial charge < -0.3 is 19.7 Å². The molecule has 0 saturated carbocycles. The first-order chi connectivity index (χ1) is 12.4. The van der Waals surface area contributed by atoms with E-state index in [9.17, 15) is 9.59 Å². The van der Waals surface area contributed by atoms with Gasteiger partial charge in [-0.25, -0.2) is 0 Å². The third kappa shape index (κ3) is 4.14. The summed E-state index contributed by atoms with van der Waals surface area (Å²) < 4.78 is 10.5. The summed E-state index contributed by atoms with van der Waals surface area (Å²) >= 11 is 0. The number of amides is 2. The standard InChI is InChI=1S/C20H24N2O4/c1-13-8-6-9-14(2)18(13)21-17(23)12-22(3)20(24)15-10-7-11-16(25-4)19(15)26-5/h6-11H,12H2,1-5H3,(H,21,23). The molecular formula is C20H24N2O4. The van der Waals surface area contributed by atoms with Crippen LogP contribution >= 0.6 is 0 Å². The molecule has 0 aliphatic carbocycles. The fraction of sp³-hybridized carbons (Fsp3) is 0.300. The van der Waals surface area contributed by atoms with E-state index in [1.54, 1.807) is 25.2 Å². The van der Waals surface area contributed by atoms with E-state index in [1.165, 1.54) is 19.1 Å². The molecule has 6 nitrogen and oxygen atoms in total. The van der Waals surface area contributed by atoms with Crippen molar-refractivity contribution in [2.45, 2.75) is 13.8 Å². The SMILES string of the molecule is COc1cccc(C(=O)N(C)CC(=O)Nc2c(C)cccc2C)c1OC. The van der Waals surface area contributed by atoms with Crippen molar-refractivity contribution in [2.75, 3.05) is 33.1 Å². The number of rotatable bonds is 6. The van der Waals surface area contributed by atoms with Crippen LogP contribution in [0.25, 0.3) is 0 Å². The number of carbonyl (C=O) groups excluding carboxylic acids is 2. The zero-order chi connectivity index (χ0) is 19.3. The van der Waals surface area contributed by atoms with Crippen LogP contribution in [0.1, 0.15) is 21.5 Å². The summed E-state index contributed by atoms with van der Waals surface area (Å²) in [6, 6.07) is 10.9. The Bertz CT molecular complexity index is 797. The van der Waals surface area contributed by atoms with Crippen LogP contribution in [0.3, 0.4) is 0 Å². The highest BCUT2D eigenvalue weighted by molar-refractivity contribution is 6.01. The molecule has 0 bridgehead atoms. The van der Waals surface area contributed by atoms with Crippen molar-refractivity contribution in [1.82, 2.24) is 4.90 Å². The molecule has 0 aliphatic heterocycles. The van der Waals surface area contributed by atoms with Crippen molar-refractivity contribution in [3.8, 4) is 11.5 Å². The monoisotopic (exact) mass is 356 g/mol. The molecule has 0 radical (unpaired) electrons. The fourth-order valence-electron chi connectivity index (χ4n) is 2.74. The van der Waals surface area contributed by atoms with Crippen molar-refractivity contribution in [3.63, 3.8) is 0 Å². The minimum absolute atomic E-state index is 0.0764. The van der Waals surface area contributed by atoms with Gasteiger partial charge >= 0.3 is 0 Å². The van der Waals surface area contributed by atoms with Crippen molar-refractivity contribution in [3.05, 3.63) is 53.1 Å². The molecule has 0 saturated heterocycles. The largest absolute Gasteiger partial charge is 0.493 e. The quantitative estimate of drug-likeness (QED) is 0.864. The van der Waals surface area contributed by atoms with Gasteiger partial charge in [0.25, 0.3) is 5.91 Å². The zero-order valence-corrected chi connectivity index (χ0v) is 15.8. The second-order valence-corrected chi connectivity index (χ2v) is 6.02. The van der Waals surface area contributed by atoms with Gasteiger partial charge in [-0.1, -0.05) is 24.3 Å². The van der Waals surface area contributed by atoms with Crippen LogP contribution in [0.2, 0.25) is 0 Å². The van der Waals surface area contributed by atoms with Gasteiger partial charge in [-0.05, 0) is 37.1 Å². The summed E-state index contributed by atoms with van der Waals surface area (Å²) in [6.07, 6.45) is 0. The highest BCUT2D eigenvalue weighted by Crippen LogP contribution is 2.31. The number of hydrogen-bond acceptors (Lipinski definition) is 4. The normalized spacial score (nSPS) is 10.2. The zero-order valence-electron chi connectivity index (χ0n) is 15.8. The molecule has 0 unspecified atom stereocenters. The Hall–Kier alpha value is -3.02. The van der Waals surface area contributed by atoms with Crippen LogP contribution in [-0.4, -0.2) is 44.5 Å². The third-order valence-electron chi connectivity index (χ3n) is 4.11. The molecule has 0 aromatic heterocycles. The van der Waals surface area contributed by atoms with E-state index in [4.69, 9.17) is 9.47 Å². The lowest BCUT2D eigenvalue weighted by molar-refractivity contribution is -0.116. The summed E-state index contributed by atoms with van der Waals surface area (Å²) in [6.45, 7) is 3.78. The molecule has 2 aromatic carbocycles. The van der Waals surface area contributed by atoms with Gasteiger partial charge in [-0.15, -0.1) is 0 Å². The summed E-state index contributed by atoms with van der Waals surface area (Å²) in [5, 5.41) is 2.88. The molecule has 0 atom stereocenters. The van der Waals surface area contributed by atoms with Crippen LogP contribution in [0.5, 0.6) is 11.5 Å². The maximum Gasteiger partial charge on any atom is 0.257 e. The van der Waals surface area contributed by atoms with Crippen LogP contribution in [-0.2, 0) is 4.79 Å². The smallest absolute Gasteiger partial charge is 0.257 e. The molecule has 2 rings (SSSR count). The molecule has 0 heterocycles. The summed E-state index contributed by atoms with van der Waals surface area (Å²) in [7, 11) is 4.56. The topological polar surface area (TPSA) is 67.9 Å². The second-order valence-electron chi connectivity index (χ2n) is 6.02. The molecule has 2 amide bonds. The van der Waals surface area contributed by atoms with Crippen molar-refractivity contribution in [2.24, 2.45) is 0 Å². The van der Waals surface area contributed by atoms with Crippen LogP contribution in [0, 0.1) is 13.8 Å². The highest BCUT2D eigenvalue weighted by Gasteiger charge is 2.21. The Morgan fingerprint density at radius 2 is 1.62 bits per heavy atom. The van der Waals surface area contributed by atoms with Gasteiger partial charge in [-0.2, -0.15) is 0 Å². The minimum Gasteiger partial charge on any atom is -0.493 e. The van der Waals surface area contributed by atoms with E-state index in [1.807, 2.05) is 32.0 Å². The molecule has 2 aromatic rings. The molecule has 26 heavy (non-hydrogen) atoms. The maximum atomic E-state index is 12.7. The van der Waals surface area contributed by atoms with Gasteiger partial charge in [0.05, 0.1) is 26.3 Å². The number of carbonyl (C=O) groups is 2. The predicted molar refractivity (Wildman–Crippen MR) is 101 cm³/mol. The number of benzene rings is 2. The van der Waals surface area contributed by atoms with Crippen molar-refractivity contribution >= 4 is 17.5 Å². The van der Waals surface area contributed by atoms with Gasteiger partial charge in [0.1, 0.15) is 0 Å². The first-order valence-electron chi connectivity index (χ1n) is 8.21. The summed E-state index contributed by atoms with van der Waals surface area (Å²) in [5.41, 5.74) is 3.06. The van der Waals surface area contributed by atoms with E-state index in [0.29, 0.717) is 17.1 Å². The lowest BCUT2D eigenvalue weighted by atomic mass is 10.1. The number of anilines is 1. The van der Waals surface area contributed by atoms with E-state index in [-0.39, 0.29) is 18.4 Å². The first-order valence-corrected chi connectivity index (χ1v) is 8.21. The van der Waals surface area contributed by atoms with Gasteiger partial charge in [0.2, 0.25) is 5.91 Å². The van der Waals surface area contributed by atoms with Crippen LogP contribution in [0.15, 0.2) is 36.4 Å². The van der Waals surface area contributed by atoms with Crippen molar-refractivity contribution in [1.29, 1.82) is 0 Å². The van der Waals surface area contributed by atoms with Crippen molar-refractivity contribution < 1.29 is 19.1 Å². The lowest BCUT2D eigenvalue weighted by Crippen LogP contribution is -2.35. The van der Waals surface area contributed by atoms with E-state index >= 15 is 0 Å².